The molecule has 0 saturated carbocycles. The molecule has 0 rings (SSSR count). The van der Waals surface area contributed by atoms with Crippen LogP contribution in [0.4, 0.5) is 0 Å². The van der Waals surface area contributed by atoms with Gasteiger partial charge >= 0.3 is 0 Å². The molecule has 0 aromatic rings. The van der Waals surface area contributed by atoms with E-state index in [-0.39, 0.29) is 18.4 Å². The fourth-order valence-electron chi connectivity index (χ4n) is 1.34. The van der Waals surface area contributed by atoms with Gasteiger partial charge in [-0.25, -0.2) is 0 Å². The molecule has 0 unspecified atom stereocenters. The SMILES string of the molecule is C=CC(=O)NC(C)(C)CS(=O)(=O)O.C=CC(=O)NCC(=O)N(C)C=C. The van der Waals surface area contributed by atoms with Crippen molar-refractivity contribution in [3.05, 3.63) is 38.1 Å². The first-order valence-corrected chi connectivity index (χ1v) is 8.57. The number of carbonyl (C=O) groups is 3. The molecule has 0 aromatic heterocycles. The molecule has 0 heterocycles. The molecule has 0 aliphatic heterocycles. The van der Waals surface area contributed by atoms with E-state index in [1.54, 1.807) is 7.05 Å². The normalized spacial score (nSPS) is 10.4. The minimum atomic E-state index is -4.08. The number of rotatable bonds is 8. The molecule has 0 aromatic carbocycles. The highest BCUT2D eigenvalue weighted by Gasteiger charge is 2.25. The van der Waals surface area contributed by atoms with Crippen molar-refractivity contribution in [3.63, 3.8) is 0 Å². The predicted octanol–water partition coefficient (Wildman–Crippen LogP) is -0.154. The lowest BCUT2D eigenvalue weighted by molar-refractivity contribution is -0.128. The maximum Gasteiger partial charge on any atom is 0.267 e. The van der Waals surface area contributed by atoms with Crippen molar-refractivity contribution in [2.75, 3.05) is 19.3 Å². The summed E-state index contributed by atoms with van der Waals surface area (Å²) in [5, 5.41) is 4.72. The van der Waals surface area contributed by atoms with Crippen LogP contribution in [0.5, 0.6) is 0 Å². The molecule has 142 valence electrons. The second-order valence-corrected chi connectivity index (χ2v) is 6.87. The van der Waals surface area contributed by atoms with Crippen LogP contribution in [-0.4, -0.2) is 60.5 Å². The molecule has 0 spiro atoms. The lowest BCUT2D eigenvalue weighted by atomic mass is 10.1. The van der Waals surface area contributed by atoms with Gasteiger partial charge < -0.3 is 15.5 Å². The van der Waals surface area contributed by atoms with Crippen LogP contribution in [0.15, 0.2) is 38.1 Å². The Bertz CT molecular complexity index is 625. The van der Waals surface area contributed by atoms with Crippen LogP contribution in [0.3, 0.4) is 0 Å². The molecule has 0 aliphatic rings. The molecule has 0 aliphatic carbocycles. The molecule has 0 radical (unpaired) electrons. The number of hydrogen-bond donors (Lipinski definition) is 3. The first-order chi connectivity index (χ1) is 11.3. The van der Waals surface area contributed by atoms with Crippen LogP contribution in [-0.2, 0) is 24.5 Å². The number of likely N-dealkylation sites (N-methyl/N-ethyl adjacent to an activating group) is 1. The molecule has 25 heavy (non-hydrogen) atoms. The Labute approximate surface area is 148 Å². The molecule has 3 N–H and O–H groups in total. The molecule has 0 atom stereocenters. The predicted molar refractivity (Wildman–Crippen MR) is 95.0 cm³/mol. The van der Waals surface area contributed by atoms with E-state index in [0.29, 0.717) is 0 Å². The lowest BCUT2D eigenvalue weighted by Gasteiger charge is -2.23. The summed E-state index contributed by atoms with van der Waals surface area (Å²) in [6.45, 7) is 12.8. The molecule has 0 fully saturated rings. The van der Waals surface area contributed by atoms with E-state index < -0.39 is 27.3 Å². The molecular formula is C15H25N3O6S. The highest BCUT2D eigenvalue weighted by Crippen LogP contribution is 2.05. The van der Waals surface area contributed by atoms with Crippen molar-refractivity contribution in [1.82, 2.24) is 15.5 Å². The van der Waals surface area contributed by atoms with Crippen molar-refractivity contribution in [2.45, 2.75) is 19.4 Å². The average Bonchev–Trinajstić information content (AvgIpc) is 2.48. The minimum Gasteiger partial charge on any atom is -0.347 e. The number of amides is 3. The topological polar surface area (TPSA) is 133 Å². The third-order valence-electron chi connectivity index (χ3n) is 2.46. The lowest BCUT2D eigenvalue weighted by Crippen LogP contribution is -2.47. The van der Waals surface area contributed by atoms with Gasteiger partial charge in [-0.2, -0.15) is 8.42 Å². The van der Waals surface area contributed by atoms with Gasteiger partial charge in [0.2, 0.25) is 17.7 Å². The van der Waals surface area contributed by atoms with E-state index in [9.17, 15) is 22.8 Å². The zero-order chi connectivity index (χ0) is 20.3. The fraction of sp³-hybridized carbons (Fsp3) is 0.400. The smallest absolute Gasteiger partial charge is 0.267 e. The summed E-state index contributed by atoms with van der Waals surface area (Å²) in [4.78, 5) is 33.7. The molecule has 0 bridgehead atoms. The van der Waals surface area contributed by atoms with Crippen LogP contribution >= 0.6 is 0 Å². The Balaban J connectivity index is 0. The minimum absolute atomic E-state index is 0.0344. The number of nitrogens with one attached hydrogen (secondary N) is 2. The van der Waals surface area contributed by atoms with Gasteiger partial charge in [-0.1, -0.05) is 19.7 Å². The summed E-state index contributed by atoms with van der Waals surface area (Å²) in [7, 11) is -2.52. The fourth-order valence-corrected chi connectivity index (χ4v) is 2.32. The van der Waals surface area contributed by atoms with E-state index in [4.69, 9.17) is 4.55 Å². The van der Waals surface area contributed by atoms with Crippen LogP contribution < -0.4 is 10.6 Å². The summed E-state index contributed by atoms with van der Waals surface area (Å²) in [6.07, 6.45) is 3.52. The zero-order valence-electron chi connectivity index (χ0n) is 14.6. The van der Waals surface area contributed by atoms with Gasteiger partial charge in [-0.3, -0.25) is 18.9 Å². The van der Waals surface area contributed by atoms with Crippen LogP contribution in [0.1, 0.15) is 13.8 Å². The average molecular weight is 375 g/mol. The van der Waals surface area contributed by atoms with Gasteiger partial charge in [0, 0.05) is 7.05 Å². The summed E-state index contributed by atoms with van der Waals surface area (Å²) >= 11 is 0. The number of nitrogens with zero attached hydrogens (tertiary/aromatic N) is 1. The maximum atomic E-state index is 11.0. The molecule has 9 nitrogen and oxygen atoms in total. The Morgan fingerprint density at radius 2 is 1.60 bits per heavy atom. The van der Waals surface area contributed by atoms with Gasteiger partial charge in [0.05, 0.1) is 17.8 Å². The van der Waals surface area contributed by atoms with Crippen LogP contribution in [0.2, 0.25) is 0 Å². The van der Waals surface area contributed by atoms with Gasteiger partial charge in [-0.05, 0) is 32.2 Å². The van der Waals surface area contributed by atoms with Crippen LogP contribution in [0.25, 0.3) is 0 Å². The molecule has 0 saturated heterocycles. The second kappa shape index (κ2) is 11.2. The monoisotopic (exact) mass is 375 g/mol. The first-order valence-electron chi connectivity index (χ1n) is 6.96. The number of carbonyl (C=O) groups excluding carboxylic acids is 3. The van der Waals surface area contributed by atoms with Crippen molar-refractivity contribution in [3.8, 4) is 0 Å². The first kappa shape index (κ1) is 24.8. The summed E-state index contributed by atoms with van der Waals surface area (Å²) in [6, 6.07) is 0. The van der Waals surface area contributed by atoms with Crippen LogP contribution in [0, 0.1) is 0 Å². The third-order valence-corrected chi connectivity index (χ3v) is 3.54. The highest BCUT2D eigenvalue weighted by atomic mass is 32.2. The highest BCUT2D eigenvalue weighted by molar-refractivity contribution is 7.85. The second-order valence-electron chi connectivity index (χ2n) is 5.41. The van der Waals surface area contributed by atoms with E-state index in [0.717, 1.165) is 12.2 Å². The van der Waals surface area contributed by atoms with Gasteiger partial charge in [0.15, 0.2) is 0 Å². The van der Waals surface area contributed by atoms with Crippen molar-refractivity contribution < 1.29 is 27.4 Å². The molecule has 3 amide bonds. The summed E-state index contributed by atoms with van der Waals surface area (Å²) in [5.74, 6) is -1.59. The molecular weight excluding hydrogens is 350 g/mol. The summed E-state index contributed by atoms with van der Waals surface area (Å²) < 4.78 is 29.5. The van der Waals surface area contributed by atoms with E-state index in [1.165, 1.54) is 24.9 Å². The Hall–Kier alpha value is -2.46. The Kier molecular flexibility index (Phi) is 11.1. The van der Waals surface area contributed by atoms with Gasteiger partial charge in [0.1, 0.15) is 0 Å². The third kappa shape index (κ3) is 14.8. The zero-order valence-corrected chi connectivity index (χ0v) is 15.4. The largest absolute Gasteiger partial charge is 0.347 e. The Morgan fingerprint density at radius 1 is 1.12 bits per heavy atom. The standard InChI is InChI=1S/C8H12N2O2.C7H13NO4S/c1-4-7(11)9-6-8(12)10(3)5-2;1-4-6(9)8-7(2,3)5-13(10,11)12/h4-5H,1-2,6H2,3H3,(H,9,11);4H,1,5H2,2-3H3,(H,8,9)(H,10,11,12). The van der Waals surface area contributed by atoms with Crippen molar-refractivity contribution in [2.24, 2.45) is 0 Å². The van der Waals surface area contributed by atoms with Gasteiger partial charge in [-0.15, -0.1) is 0 Å². The molecule has 10 heteroatoms. The number of hydrogen-bond acceptors (Lipinski definition) is 5. The quantitative estimate of drug-likeness (QED) is 0.399. The van der Waals surface area contributed by atoms with Crippen molar-refractivity contribution in [1.29, 1.82) is 0 Å². The maximum absolute atomic E-state index is 11.0. The Morgan fingerprint density at radius 3 is 1.96 bits per heavy atom. The van der Waals surface area contributed by atoms with E-state index in [1.807, 2.05) is 0 Å². The van der Waals surface area contributed by atoms with E-state index >= 15 is 0 Å². The van der Waals surface area contributed by atoms with Gasteiger partial charge in [0.25, 0.3) is 10.1 Å². The van der Waals surface area contributed by atoms with E-state index in [2.05, 4.69) is 30.4 Å². The summed E-state index contributed by atoms with van der Waals surface area (Å²) in [5.41, 5.74) is -1.00. The van der Waals surface area contributed by atoms with Crippen molar-refractivity contribution >= 4 is 27.8 Å².